The lowest BCUT2D eigenvalue weighted by atomic mass is 10.0. The van der Waals surface area contributed by atoms with Crippen molar-refractivity contribution >= 4 is 11.9 Å². The van der Waals surface area contributed by atoms with Crippen molar-refractivity contribution in [3.63, 3.8) is 0 Å². The van der Waals surface area contributed by atoms with Crippen LogP contribution in [0, 0.1) is 0 Å². The second-order valence-electron chi connectivity index (χ2n) is 16.9. The SMILES string of the molecule is CCCCC/C=C\C/C=C\C/C=C\CCCCC(CC(=O)NC(CO)C(O)CCCCCCCCCCCCCC)OC(=O)CCCCCCC/C=C\CCCCC. The predicted molar refractivity (Wildman–Crippen MR) is 250 cm³/mol. The van der Waals surface area contributed by atoms with Gasteiger partial charge in [0.2, 0.25) is 5.91 Å². The smallest absolute Gasteiger partial charge is 0.306 e. The van der Waals surface area contributed by atoms with Gasteiger partial charge in [0.1, 0.15) is 6.10 Å². The van der Waals surface area contributed by atoms with Gasteiger partial charge in [0.25, 0.3) is 0 Å². The monoisotopic (exact) mass is 814 g/mol. The summed E-state index contributed by atoms with van der Waals surface area (Å²) >= 11 is 0. The summed E-state index contributed by atoms with van der Waals surface area (Å²) in [5.41, 5.74) is 0. The van der Waals surface area contributed by atoms with Crippen molar-refractivity contribution in [2.75, 3.05) is 6.61 Å². The predicted octanol–water partition coefficient (Wildman–Crippen LogP) is 14.7. The molecule has 0 saturated heterocycles. The third-order valence-corrected chi connectivity index (χ3v) is 11.1. The highest BCUT2D eigenvalue weighted by atomic mass is 16.5. The molecule has 1 amide bonds. The topological polar surface area (TPSA) is 95.9 Å². The van der Waals surface area contributed by atoms with Gasteiger partial charge in [-0.15, -0.1) is 0 Å². The molecule has 0 fully saturated rings. The Morgan fingerprint density at radius 2 is 0.879 bits per heavy atom. The van der Waals surface area contributed by atoms with Crippen molar-refractivity contribution in [1.29, 1.82) is 0 Å². The van der Waals surface area contributed by atoms with Crippen molar-refractivity contribution in [2.45, 2.75) is 264 Å². The van der Waals surface area contributed by atoms with Gasteiger partial charge in [-0.25, -0.2) is 0 Å². The highest BCUT2D eigenvalue weighted by Crippen LogP contribution is 2.17. The largest absolute Gasteiger partial charge is 0.462 e. The van der Waals surface area contributed by atoms with Gasteiger partial charge in [-0.1, -0.05) is 191 Å². The molecule has 0 saturated carbocycles. The zero-order valence-corrected chi connectivity index (χ0v) is 38.4. The number of ether oxygens (including phenoxy) is 1. The molecule has 0 radical (unpaired) electrons. The first-order valence-electron chi connectivity index (χ1n) is 24.9. The summed E-state index contributed by atoms with van der Waals surface area (Å²) in [5.74, 6) is -0.520. The van der Waals surface area contributed by atoms with Crippen molar-refractivity contribution in [1.82, 2.24) is 5.32 Å². The van der Waals surface area contributed by atoms with Gasteiger partial charge in [0.15, 0.2) is 0 Å². The van der Waals surface area contributed by atoms with E-state index in [-0.39, 0.29) is 24.9 Å². The number of carbonyl (C=O) groups is 2. The number of nitrogens with one attached hydrogen (secondary N) is 1. The molecule has 0 aliphatic heterocycles. The Morgan fingerprint density at radius 3 is 1.40 bits per heavy atom. The molecule has 6 heteroatoms. The van der Waals surface area contributed by atoms with Crippen LogP contribution in [0.5, 0.6) is 0 Å². The second kappa shape index (κ2) is 45.9. The van der Waals surface area contributed by atoms with Crippen LogP contribution in [-0.2, 0) is 14.3 Å². The van der Waals surface area contributed by atoms with Gasteiger partial charge in [0.05, 0.1) is 25.2 Å². The molecule has 0 aromatic rings. The minimum atomic E-state index is -0.798. The van der Waals surface area contributed by atoms with Crippen LogP contribution in [0.1, 0.15) is 245 Å². The molecule has 0 aromatic heterocycles. The molecule has 0 aliphatic carbocycles. The fourth-order valence-corrected chi connectivity index (χ4v) is 7.31. The standard InChI is InChI=1S/C52H95NO5/c1-4-7-10-13-16-19-22-25-26-27-28-31-34-37-40-43-48(58-52(57)45-42-39-36-33-30-24-21-18-15-12-9-6-3)46-51(56)53-49(47-54)50(55)44-41-38-35-32-29-23-20-17-14-11-8-5-2/h16,18-19,21,25-26,28,31,48-50,54-55H,4-15,17,20,22-24,27,29-30,32-47H2,1-3H3,(H,53,56)/b19-16-,21-18-,26-25-,31-28-. The average molecular weight is 814 g/mol. The maximum atomic E-state index is 13.2. The molecule has 0 heterocycles. The Labute approximate surface area is 359 Å². The van der Waals surface area contributed by atoms with Crippen LogP contribution < -0.4 is 5.32 Å². The maximum absolute atomic E-state index is 13.2. The molecule has 3 unspecified atom stereocenters. The Bertz CT molecular complexity index is 1000. The van der Waals surface area contributed by atoms with E-state index in [1.54, 1.807) is 0 Å². The molecule has 0 spiro atoms. The maximum Gasteiger partial charge on any atom is 0.306 e. The highest BCUT2D eigenvalue weighted by Gasteiger charge is 2.24. The summed E-state index contributed by atoms with van der Waals surface area (Å²) < 4.78 is 5.90. The lowest BCUT2D eigenvalue weighted by Crippen LogP contribution is -2.46. The fraction of sp³-hybridized carbons (Fsp3) is 0.808. The van der Waals surface area contributed by atoms with E-state index < -0.39 is 18.2 Å². The van der Waals surface area contributed by atoms with Crippen molar-refractivity contribution in [2.24, 2.45) is 0 Å². The van der Waals surface area contributed by atoms with Crippen LogP contribution in [0.4, 0.5) is 0 Å². The van der Waals surface area contributed by atoms with Crippen LogP contribution in [-0.4, -0.2) is 46.9 Å². The third kappa shape index (κ3) is 40.6. The highest BCUT2D eigenvalue weighted by molar-refractivity contribution is 5.77. The molecule has 6 nitrogen and oxygen atoms in total. The van der Waals surface area contributed by atoms with Gasteiger partial charge in [-0.05, 0) is 89.9 Å². The summed E-state index contributed by atoms with van der Waals surface area (Å²) in [7, 11) is 0. The number of carbonyl (C=O) groups excluding carboxylic acids is 2. The first kappa shape index (κ1) is 55.8. The first-order chi connectivity index (χ1) is 28.5. The summed E-state index contributed by atoms with van der Waals surface area (Å²) in [4.78, 5) is 26.1. The lowest BCUT2D eigenvalue weighted by Gasteiger charge is -2.24. The Morgan fingerprint density at radius 1 is 0.500 bits per heavy atom. The minimum absolute atomic E-state index is 0.0488. The molecular weight excluding hydrogens is 719 g/mol. The van der Waals surface area contributed by atoms with E-state index in [4.69, 9.17) is 4.74 Å². The molecule has 0 bridgehead atoms. The molecule has 0 rings (SSSR count). The Balaban J connectivity index is 4.67. The van der Waals surface area contributed by atoms with Crippen LogP contribution in [0.3, 0.4) is 0 Å². The zero-order valence-electron chi connectivity index (χ0n) is 38.4. The quantitative estimate of drug-likeness (QED) is 0.0323. The number of hydrogen-bond donors (Lipinski definition) is 3. The van der Waals surface area contributed by atoms with E-state index in [1.165, 1.54) is 122 Å². The van der Waals surface area contributed by atoms with E-state index >= 15 is 0 Å². The number of allylic oxidation sites excluding steroid dienone is 8. The van der Waals surface area contributed by atoms with Gasteiger partial charge >= 0.3 is 5.97 Å². The summed E-state index contributed by atoms with van der Waals surface area (Å²) in [6.45, 7) is 6.41. The zero-order chi connectivity index (χ0) is 42.4. The summed E-state index contributed by atoms with van der Waals surface area (Å²) in [6, 6.07) is -0.714. The number of rotatable bonds is 44. The number of amides is 1. The Kier molecular flexibility index (Phi) is 44.2. The van der Waals surface area contributed by atoms with E-state index in [2.05, 4.69) is 74.7 Å². The third-order valence-electron chi connectivity index (χ3n) is 11.1. The minimum Gasteiger partial charge on any atom is -0.462 e. The van der Waals surface area contributed by atoms with E-state index in [0.29, 0.717) is 19.3 Å². The number of unbranched alkanes of at least 4 members (excludes halogenated alkanes) is 24. The second-order valence-corrected chi connectivity index (χ2v) is 16.9. The number of hydrogen-bond acceptors (Lipinski definition) is 5. The molecule has 338 valence electrons. The van der Waals surface area contributed by atoms with Gasteiger partial charge in [0, 0.05) is 6.42 Å². The van der Waals surface area contributed by atoms with E-state index in [9.17, 15) is 19.8 Å². The number of aliphatic hydroxyl groups is 2. The lowest BCUT2D eigenvalue weighted by molar-refractivity contribution is -0.151. The van der Waals surface area contributed by atoms with Crippen LogP contribution in [0.25, 0.3) is 0 Å². The molecular formula is C52H95NO5. The fourth-order valence-electron chi connectivity index (χ4n) is 7.31. The van der Waals surface area contributed by atoms with Crippen LogP contribution >= 0.6 is 0 Å². The number of esters is 1. The molecule has 0 aliphatic rings. The van der Waals surface area contributed by atoms with Crippen molar-refractivity contribution in [3.8, 4) is 0 Å². The van der Waals surface area contributed by atoms with Gasteiger partial charge in [-0.2, -0.15) is 0 Å². The summed E-state index contributed by atoms with van der Waals surface area (Å²) in [5, 5.41) is 23.7. The molecule has 58 heavy (non-hydrogen) atoms. The van der Waals surface area contributed by atoms with Crippen LogP contribution in [0.15, 0.2) is 48.6 Å². The van der Waals surface area contributed by atoms with Crippen LogP contribution in [0.2, 0.25) is 0 Å². The Hall–Kier alpha value is -2.18. The first-order valence-corrected chi connectivity index (χ1v) is 24.9. The molecule has 3 atom stereocenters. The van der Waals surface area contributed by atoms with E-state index in [1.807, 2.05) is 0 Å². The van der Waals surface area contributed by atoms with Crippen molar-refractivity contribution < 1.29 is 24.5 Å². The van der Waals surface area contributed by atoms with Gasteiger partial charge in [-0.3, -0.25) is 9.59 Å². The summed E-state index contributed by atoms with van der Waals surface area (Å²) in [6.07, 6.45) is 54.5. The molecule has 3 N–H and O–H groups in total. The van der Waals surface area contributed by atoms with Gasteiger partial charge < -0.3 is 20.3 Å². The normalized spacial score (nSPS) is 13.7. The molecule has 0 aromatic carbocycles. The number of aliphatic hydroxyl groups excluding tert-OH is 2. The van der Waals surface area contributed by atoms with E-state index in [0.717, 1.165) is 77.0 Å². The average Bonchev–Trinajstić information content (AvgIpc) is 3.22. The van der Waals surface area contributed by atoms with Crippen molar-refractivity contribution in [3.05, 3.63) is 48.6 Å².